The maximum atomic E-state index is 12.9. The molecule has 17 nitrogen and oxygen atoms in total. The van der Waals surface area contributed by atoms with Crippen LogP contribution in [0.3, 0.4) is 0 Å². The third-order valence-corrected chi connectivity index (χ3v) is 5.47. The van der Waals surface area contributed by atoms with Crippen LogP contribution in [0.2, 0.25) is 0 Å². The Morgan fingerprint density at radius 2 is 1.50 bits per heavy atom. The number of carbonyl (C=O) groups excluding carboxylic acids is 2. The van der Waals surface area contributed by atoms with Gasteiger partial charge in [0, 0.05) is 12.1 Å². The molecule has 0 unspecified atom stereocenters. The minimum absolute atomic E-state index is 0.0192. The number of rotatable bonds is 6. The number of ether oxygens (including phenoxy) is 1. The summed E-state index contributed by atoms with van der Waals surface area (Å²) in [6.45, 7) is 0. The molecule has 0 saturated carbocycles. The van der Waals surface area contributed by atoms with Gasteiger partial charge in [-0.05, 0) is 12.1 Å². The monoisotopic (exact) mass is 658 g/mol. The first-order valence-corrected chi connectivity index (χ1v) is 12.5. The Kier molecular flexibility index (Phi) is 9.66. The molecule has 1 aromatic heterocycles. The zero-order chi connectivity index (χ0) is 33.9. The number of hydrogen-bond acceptors (Lipinski definition) is 12. The summed E-state index contributed by atoms with van der Waals surface area (Å²) in [5.74, 6) is -1.17. The predicted octanol–water partition coefficient (Wildman–Crippen LogP) is 2.49. The van der Waals surface area contributed by atoms with Crippen LogP contribution in [-0.4, -0.2) is 53.3 Å². The van der Waals surface area contributed by atoms with Crippen molar-refractivity contribution in [2.24, 2.45) is 4.99 Å². The molecule has 44 heavy (non-hydrogen) atoms. The Balaban J connectivity index is 0.000000312. The van der Waals surface area contributed by atoms with E-state index in [0.717, 1.165) is 13.2 Å². The fraction of sp³-hybridized carbons (Fsp3) is 0.200. The maximum absolute atomic E-state index is 12.9. The number of fused-ring (bicyclic) bond motifs is 1. The van der Waals surface area contributed by atoms with E-state index < -0.39 is 94.1 Å². The van der Waals surface area contributed by atoms with Gasteiger partial charge >= 0.3 is 24.0 Å². The first-order valence-electron chi connectivity index (χ1n) is 10.6. The number of isocyanates is 1. The standard InChI is InChI=1S/C10H7F3N4O6S.C10H5F3N2O5/c1-24(22,23)15-16-8(18)4-2-7(17(20)21)5(10(11,12)13)3-6(4)14-9(16)19;1-20-9(17)5-2-8(15(18)19)6(10(11,12)13)3-7(5)14-4-16/h2-3,15H,1H3,(H,14,19);2-3H,1H3. The number of alkyl halides is 6. The molecular formula is C20H12F6N6O11S. The Morgan fingerprint density at radius 3 is 1.93 bits per heavy atom. The fourth-order valence-electron chi connectivity index (χ4n) is 3.25. The lowest BCUT2D eigenvalue weighted by Crippen LogP contribution is -2.43. The summed E-state index contributed by atoms with van der Waals surface area (Å²) in [4.78, 5) is 70.4. The molecule has 3 aromatic rings. The van der Waals surface area contributed by atoms with Crippen LogP contribution in [0.25, 0.3) is 10.9 Å². The second-order valence-corrected chi connectivity index (χ2v) is 9.67. The topological polar surface area (TPSA) is 243 Å². The number of benzene rings is 2. The third-order valence-electron chi connectivity index (χ3n) is 4.96. The van der Waals surface area contributed by atoms with Crippen molar-refractivity contribution in [1.29, 1.82) is 0 Å². The maximum Gasteiger partial charge on any atom is 0.423 e. The van der Waals surface area contributed by atoms with E-state index in [1.54, 1.807) is 4.83 Å². The van der Waals surface area contributed by atoms with E-state index in [-0.39, 0.29) is 16.8 Å². The highest BCUT2D eigenvalue weighted by molar-refractivity contribution is 7.91. The van der Waals surface area contributed by atoms with Crippen LogP contribution in [0.5, 0.6) is 0 Å². The molecule has 3 rings (SSSR count). The quantitative estimate of drug-likeness (QED) is 0.0973. The van der Waals surface area contributed by atoms with Crippen molar-refractivity contribution in [3.05, 3.63) is 82.0 Å². The van der Waals surface area contributed by atoms with Crippen LogP contribution >= 0.6 is 0 Å². The van der Waals surface area contributed by atoms with Gasteiger partial charge in [0.25, 0.3) is 16.9 Å². The van der Waals surface area contributed by atoms with E-state index in [4.69, 9.17) is 0 Å². The number of aliphatic imine (C=N–C) groups is 1. The van der Waals surface area contributed by atoms with Crippen molar-refractivity contribution in [1.82, 2.24) is 9.66 Å². The average Bonchev–Trinajstić information content (AvgIpc) is 2.88. The fourth-order valence-corrected chi connectivity index (χ4v) is 3.75. The minimum Gasteiger partial charge on any atom is -0.465 e. The number of methoxy groups -OCH3 is 1. The average molecular weight is 658 g/mol. The van der Waals surface area contributed by atoms with Crippen molar-refractivity contribution in [3.8, 4) is 0 Å². The first-order chi connectivity index (χ1) is 20.0. The highest BCUT2D eigenvalue weighted by Gasteiger charge is 2.40. The number of nitro benzene ring substituents is 2. The van der Waals surface area contributed by atoms with E-state index in [0.29, 0.717) is 18.4 Å². The summed E-state index contributed by atoms with van der Waals surface area (Å²) in [6.07, 6.45) is -8.57. The van der Waals surface area contributed by atoms with Gasteiger partial charge in [0.15, 0.2) is 0 Å². The Bertz CT molecular complexity index is 1960. The molecule has 0 saturated heterocycles. The molecule has 0 bridgehead atoms. The number of H-pyrrole nitrogens is 1. The number of nitro groups is 2. The van der Waals surface area contributed by atoms with E-state index in [1.807, 2.05) is 4.98 Å². The van der Waals surface area contributed by atoms with Crippen LogP contribution in [-0.2, 0) is 31.9 Å². The second-order valence-electron chi connectivity index (χ2n) is 7.94. The van der Waals surface area contributed by atoms with Gasteiger partial charge in [0.2, 0.25) is 16.1 Å². The SMILES string of the molecule is COC(=O)c1cc([N+](=O)[O-])c(C(F)(F)F)cc1N=C=O.CS(=O)(=O)Nn1c(=O)[nH]c2cc(C(F)(F)F)c([N+](=O)[O-])cc2c1=O. The smallest absolute Gasteiger partial charge is 0.423 e. The van der Waals surface area contributed by atoms with Crippen molar-refractivity contribution in [2.75, 3.05) is 18.2 Å². The third kappa shape index (κ3) is 7.80. The van der Waals surface area contributed by atoms with Gasteiger partial charge in [-0.1, -0.05) is 0 Å². The molecule has 236 valence electrons. The van der Waals surface area contributed by atoms with Gasteiger partial charge < -0.3 is 9.72 Å². The summed E-state index contributed by atoms with van der Waals surface area (Å²) < 4.78 is 103. The molecule has 0 aliphatic rings. The molecule has 0 amide bonds. The lowest BCUT2D eigenvalue weighted by Gasteiger charge is -2.10. The van der Waals surface area contributed by atoms with Gasteiger partial charge in [-0.3, -0.25) is 25.0 Å². The minimum atomic E-state index is -5.10. The molecule has 0 atom stereocenters. The lowest BCUT2D eigenvalue weighted by molar-refractivity contribution is -0.388. The number of nitrogens with zero attached hydrogens (tertiary/aromatic N) is 4. The van der Waals surface area contributed by atoms with Gasteiger partial charge in [0.05, 0.1) is 45.4 Å². The molecule has 24 heteroatoms. The zero-order valence-corrected chi connectivity index (χ0v) is 22.1. The number of sulfonamides is 1. The van der Waals surface area contributed by atoms with Crippen LogP contribution < -0.4 is 16.1 Å². The summed E-state index contributed by atoms with van der Waals surface area (Å²) in [7, 11) is -3.15. The summed E-state index contributed by atoms with van der Waals surface area (Å²) in [5.41, 5.74) is -10.8. The van der Waals surface area contributed by atoms with Crippen molar-refractivity contribution < 1.29 is 58.9 Å². The van der Waals surface area contributed by atoms with Gasteiger partial charge in [-0.25, -0.2) is 27.6 Å². The van der Waals surface area contributed by atoms with Crippen molar-refractivity contribution in [2.45, 2.75) is 12.4 Å². The summed E-state index contributed by atoms with van der Waals surface area (Å²) in [5, 5.41) is 20.8. The van der Waals surface area contributed by atoms with Crippen LogP contribution in [0.4, 0.5) is 43.4 Å². The lowest BCUT2D eigenvalue weighted by atomic mass is 10.1. The van der Waals surface area contributed by atoms with Gasteiger partial charge in [0.1, 0.15) is 11.1 Å². The second kappa shape index (κ2) is 12.3. The van der Waals surface area contributed by atoms with Crippen LogP contribution in [0.15, 0.2) is 38.8 Å². The highest BCUT2D eigenvalue weighted by Crippen LogP contribution is 2.40. The molecule has 1 heterocycles. The molecule has 0 aliphatic carbocycles. The molecular weight excluding hydrogens is 646 g/mol. The predicted molar refractivity (Wildman–Crippen MR) is 132 cm³/mol. The largest absolute Gasteiger partial charge is 0.465 e. The van der Waals surface area contributed by atoms with E-state index in [2.05, 4.69) is 9.73 Å². The van der Waals surface area contributed by atoms with E-state index in [9.17, 15) is 74.2 Å². The van der Waals surface area contributed by atoms with E-state index in [1.165, 1.54) is 0 Å². The molecule has 0 fully saturated rings. The zero-order valence-electron chi connectivity index (χ0n) is 21.3. The number of halogens is 6. The molecule has 2 aromatic carbocycles. The summed E-state index contributed by atoms with van der Waals surface area (Å²) >= 11 is 0. The molecule has 0 aliphatic heterocycles. The number of nitrogens with one attached hydrogen (secondary N) is 2. The summed E-state index contributed by atoms with van der Waals surface area (Å²) in [6, 6.07) is 1.12. The number of hydrogen-bond donors (Lipinski definition) is 2. The van der Waals surface area contributed by atoms with Crippen LogP contribution in [0, 0.1) is 20.2 Å². The molecule has 0 radical (unpaired) electrons. The Morgan fingerprint density at radius 1 is 1.00 bits per heavy atom. The first kappa shape index (κ1) is 34.6. The number of carbonyl (C=O) groups is 1. The Labute approximate surface area is 236 Å². The van der Waals surface area contributed by atoms with Crippen molar-refractivity contribution in [3.63, 3.8) is 0 Å². The van der Waals surface area contributed by atoms with Gasteiger partial charge in [-0.15, -0.1) is 0 Å². The number of aromatic amines is 1. The molecule has 2 N–H and O–H groups in total. The highest BCUT2D eigenvalue weighted by atomic mass is 32.2. The normalized spacial score (nSPS) is 11.5. The number of aromatic nitrogens is 2. The van der Waals surface area contributed by atoms with E-state index >= 15 is 0 Å². The van der Waals surface area contributed by atoms with Gasteiger partial charge in [-0.2, -0.15) is 36.0 Å². The van der Waals surface area contributed by atoms with Crippen molar-refractivity contribution >= 4 is 50.0 Å². The number of esters is 1. The Hall–Kier alpha value is -5.64. The molecule has 0 spiro atoms. The van der Waals surface area contributed by atoms with Crippen LogP contribution in [0.1, 0.15) is 21.5 Å².